The van der Waals surface area contributed by atoms with E-state index in [4.69, 9.17) is 16.2 Å². The topological polar surface area (TPSA) is 110 Å². The molecule has 2 rings (SSSR count). The Morgan fingerprint density at radius 3 is 2.65 bits per heavy atom. The second kappa shape index (κ2) is 5.91. The molecule has 1 aromatic rings. The number of alkyl halides is 3. The maximum Gasteiger partial charge on any atom is 0.408 e. The molecule has 11 heteroatoms. The summed E-state index contributed by atoms with van der Waals surface area (Å²) in [7, 11) is 1.29. The van der Waals surface area contributed by atoms with Crippen LogP contribution in [-0.2, 0) is 5.79 Å². The van der Waals surface area contributed by atoms with E-state index in [1.807, 2.05) is 0 Å². The molecule has 0 aromatic heterocycles. The minimum absolute atomic E-state index is 0.0193. The fourth-order valence-electron chi connectivity index (χ4n) is 1.87. The van der Waals surface area contributed by atoms with Crippen molar-refractivity contribution in [2.45, 2.75) is 12.0 Å². The van der Waals surface area contributed by atoms with Crippen molar-refractivity contribution in [3.05, 3.63) is 29.6 Å². The molecule has 23 heavy (non-hydrogen) atoms. The van der Waals surface area contributed by atoms with Crippen LogP contribution in [0.3, 0.4) is 0 Å². The molecule has 0 amide bonds. The number of guanidine groups is 2. The van der Waals surface area contributed by atoms with Crippen LogP contribution in [0.25, 0.3) is 0 Å². The number of ether oxygens (including phenoxy) is 1. The number of benzene rings is 1. The van der Waals surface area contributed by atoms with Crippen molar-refractivity contribution in [2.75, 3.05) is 13.7 Å². The van der Waals surface area contributed by atoms with E-state index in [1.165, 1.54) is 19.2 Å². The van der Waals surface area contributed by atoms with Crippen molar-refractivity contribution in [3.63, 3.8) is 0 Å². The van der Waals surface area contributed by atoms with Gasteiger partial charge in [0.05, 0.1) is 7.11 Å². The molecule has 126 valence electrons. The molecule has 1 aliphatic heterocycles. The van der Waals surface area contributed by atoms with Crippen LogP contribution in [-0.4, -0.2) is 31.7 Å². The third-order valence-electron chi connectivity index (χ3n) is 2.86. The average Bonchev–Trinajstić information content (AvgIpc) is 2.43. The third-order valence-corrected chi connectivity index (χ3v) is 2.86. The van der Waals surface area contributed by atoms with Crippen molar-refractivity contribution in [1.82, 2.24) is 10.6 Å². The second-order valence-electron chi connectivity index (χ2n) is 4.64. The zero-order valence-corrected chi connectivity index (χ0v) is 11.9. The van der Waals surface area contributed by atoms with Gasteiger partial charge in [0.2, 0.25) is 11.7 Å². The molecule has 1 aromatic carbocycles. The Bertz CT molecular complexity index is 659. The summed E-state index contributed by atoms with van der Waals surface area (Å²) in [6.07, 6.45) is -4.50. The maximum absolute atomic E-state index is 13.8. The van der Waals surface area contributed by atoms with Gasteiger partial charge < -0.3 is 15.8 Å². The fourth-order valence-corrected chi connectivity index (χ4v) is 1.87. The normalized spacial score (nSPS) is 23.0. The standard InChI is InChI=1S/C12H14F4N6O/c1-23-8-3-2-6(4-7(8)13)12(18)21-9(17)20-10(22-12)19-5-11(14,15)16/h2-4H,5,18H2,1H3,(H4,17,19,20,21,22). The highest BCUT2D eigenvalue weighted by molar-refractivity contribution is 6.00. The molecule has 7 nitrogen and oxygen atoms in total. The van der Waals surface area contributed by atoms with Crippen molar-refractivity contribution < 1.29 is 22.3 Å². The van der Waals surface area contributed by atoms with E-state index < -0.39 is 24.3 Å². The first-order valence-electron chi connectivity index (χ1n) is 6.27. The molecule has 1 atom stereocenters. The Kier molecular flexibility index (Phi) is 4.32. The minimum atomic E-state index is -4.50. The van der Waals surface area contributed by atoms with Crippen LogP contribution < -0.4 is 26.8 Å². The summed E-state index contributed by atoms with van der Waals surface area (Å²) in [6, 6.07) is 3.74. The van der Waals surface area contributed by atoms with Gasteiger partial charge in [-0.3, -0.25) is 11.1 Å². The summed E-state index contributed by atoms with van der Waals surface area (Å²) < 4.78 is 55.3. The van der Waals surface area contributed by atoms with E-state index in [0.717, 1.165) is 6.07 Å². The molecule has 0 saturated carbocycles. The van der Waals surface area contributed by atoms with E-state index in [2.05, 4.69) is 20.6 Å². The number of hydrogen-bond donors (Lipinski definition) is 4. The van der Waals surface area contributed by atoms with Crippen molar-refractivity contribution in [2.24, 2.45) is 21.5 Å². The molecule has 6 N–H and O–H groups in total. The van der Waals surface area contributed by atoms with Crippen LogP contribution in [0.15, 0.2) is 28.2 Å². The molecule has 0 spiro atoms. The van der Waals surface area contributed by atoms with Gasteiger partial charge in [-0.2, -0.15) is 13.2 Å². The number of rotatable bonds is 3. The Hall–Kier alpha value is -2.56. The molecule has 1 unspecified atom stereocenters. The lowest BCUT2D eigenvalue weighted by Gasteiger charge is -2.33. The summed E-state index contributed by atoms with van der Waals surface area (Å²) in [4.78, 5) is 7.15. The van der Waals surface area contributed by atoms with E-state index in [1.54, 1.807) is 0 Å². The van der Waals surface area contributed by atoms with Crippen LogP contribution in [0.5, 0.6) is 5.75 Å². The van der Waals surface area contributed by atoms with Crippen LogP contribution in [0.4, 0.5) is 17.6 Å². The molecule has 0 saturated heterocycles. The molecule has 0 aliphatic carbocycles. The van der Waals surface area contributed by atoms with Gasteiger partial charge in [-0.25, -0.2) is 14.4 Å². The summed E-state index contributed by atoms with van der Waals surface area (Å²) in [5, 5.41) is 4.77. The van der Waals surface area contributed by atoms with Gasteiger partial charge in [0.1, 0.15) is 6.54 Å². The monoisotopic (exact) mass is 334 g/mol. The Morgan fingerprint density at radius 2 is 2.09 bits per heavy atom. The second-order valence-corrected chi connectivity index (χ2v) is 4.64. The highest BCUT2D eigenvalue weighted by Crippen LogP contribution is 2.25. The number of methoxy groups -OCH3 is 1. The van der Waals surface area contributed by atoms with Gasteiger partial charge in [0, 0.05) is 5.56 Å². The lowest BCUT2D eigenvalue weighted by Crippen LogP contribution is -2.62. The third kappa shape index (κ3) is 4.00. The lowest BCUT2D eigenvalue weighted by molar-refractivity contribution is -0.118. The molecule has 0 fully saturated rings. The number of nitrogens with one attached hydrogen (secondary N) is 2. The smallest absolute Gasteiger partial charge is 0.408 e. The zero-order chi connectivity index (χ0) is 17.3. The largest absolute Gasteiger partial charge is 0.494 e. The average molecular weight is 334 g/mol. The van der Waals surface area contributed by atoms with Gasteiger partial charge in [0.15, 0.2) is 17.5 Å². The summed E-state index contributed by atoms with van der Waals surface area (Å²) in [6.45, 7) is -1.44. The maximum atomic E-state index is 13.8. The number of nitrogens with two attached hydrogens (primary N) is 2. The van der Waals surface area contributed by atoms with Crippen molar-refractivity contribution in [3.8, 4) is 5.75 Å². The summed E-state index contributed by atoms with van der Waals surface area (Å²) in [5.41, 5.74) is 11.6. The molecule has 0 radical (unpaired) electrons. The van der Waals surface area contributed by atoms with Gasteiger partial charge in [0.25, 0.3) is 0 Å². The predicted molar refractivity (Wildman–Crippen MR) is 75.1 cm³/mol. The fraction of sp³-hybridized carbons (Fsp3) is 0.333. The zero-order valence-electron chi connectivity index (χ0n) is 11.9. The SMILES string of the molecule is COc1ccc(C2(N)N=C(N)NC(=NCC(F)(F)F)N2)cc1F. The van der Waals surface area contributed by atoms with E-state index in [9.17, 15) is 17.6 Å². The minimum Gasteiger partial charge on any atom is -0.494 e. The highest BCUT2D eigenvalue weighted by Gasteiger charge is 2.34. The van der Waals surface area contributed by atoms with Crippen LogP contribution >= 0.6 is 0 Å². The summed E-state index contributed by atoms with van der Waals surface area (Å²) >= 11 is 0. The van der Waals surface area contributed by atoms with Gasteiger partial charge in [-0.1, -0.05) is 0 Å². The highest BCUT2D eigenvalue weighted by atomic mass is 19.4. The Labute approximate surface area is 128 Å². The van der Waals surface area contributed by atoms with Crippen LogP contribution in [0, 0.1) is 5.82 Å². The van der Waals surface area contributed by atoms with Crippen LogP contribution in [0.2, 0.25) is 0 Å². The summed E-state index contributed by atoms with van der Waals surface area (Å²) in [5.74, 6) is -3.09. The first kappa shape index (κ1) is 16.8. The van der Waals surface area contributed by atoms with Crippen LogP contribution in [0.1, 0.15) is 5.56 Å². The van der Waals surface area contributed by atoms with E-state index >= 15 is 0 Å². The van der Waals surface area contributed by atoms with Crippen molar-refractivity contribution >= 4 is 11.9 Å². The molecule has 1 aliphatic rings. The Morgan fingerprint density at radius 1 is 1.39 bits per heavy atom. The van der Waals surface area contributed by atoms with E-state index in [0.29, 0.717) is 0 Å². The van der Waals surface area contributed by atoms with Crippen molar-refractivity contribution in [1.29, 1.82) is 0 Å². The Balaban J connectivity index is 2.33. The van der Waals surface area contributed by atoms with Gasteiger partial charge in [-0.05, 0) is 18.2 Å². The number of aliphatic imine (C=N–C) groups is 2. The van der Waals surface area contributed by atoms with Gasteiger partial charge in [-0.15, -0.1) is 0 Å². The number of nitrogens with zero attached hydrogens (tertiary/aromatic N) is 2. The van der Waals surface area contributed by atoms with Gasteiger partial charge >= 0.3 is 6.18 Å². The molecular formula is C12H14F4N6O. The first-order valence-corrected chi connectivity index (χ1v) is 6.27. The number of hydrogen-bond acceptors (Lipinski definition) is 5. The quantitative estimate of drug-likeness (QED) is 0.596. The lowest BCUT2D eigenvalue weighted by atomic mass is 10.1. The molecular weight excluding hydrogens is 320 g/mol. The molecule has 0 bridgehead atoms. The first-order chi connectivity index (χ1) is 10.6. The number of halogens is 4. The predicted octanol–water partition coefficient (Wildman–Crippen LogP) is 0.329. The molecule has 1 heterocycles. The van der Waals surface area contributed by atoms with E-state index in [-0.39, 0.29) is 23.2 Å².